The van der Waals surface area contributed by atoms with Crippen LogP contribution in [-0.4, -0.2) is 39.2 Å². The van der Waals surface area contributed by atoms with E-state index in [1.54, 1.807) is 0 Å². The van der Waals surface area contributed by atoms with Crippen molar-refractivity contribution in [3.8, 4) is 22.6 Å². The topological polar surface area (TPSA) is 93.1 Å². The lowest BCUT2D eigenvalue weighted by Gasteiger charge is -2.25. The van der Waals surface area contributed by atoms with E-state index in [1.165, 1.54) is 66.6 Å². The summed E-state index contributed by atoms with van der Waals surface area (Å²) < 4.78 is 5.83. The molecule has 7 nitrogen and oxygen atoms in total. The third kappa shape index (κ3) is 4.45. The summed E-state index contributed by atoms with van der Waals surface area (Å²) in [4.78, 5) is 7.38. The molecule has 1 fully saturated rings. The molecule has 0 saturated carbocycles. The molecule has 2 aliphatic carbocycles. The first-order chi connectivity index (χ1) is 18.7. The van der Waals surface area contributed by atoms with Gasteiger partial charge in [0.25, 0.3) is 0 Å². The summed E-state index contributed by atoms with van der Waals surface area (Å²) in [6.07, 6.45) is 10.5. The van der Waals surface area contributed by atoms with Gasteiger partial charge in [-0.05, 0) is 111 Å². The summed E-state index contributed by atoms with van der Waals surface area (Å²) in [5, 5.41) is 12.5. The van der Waals surface area contributed by atoms with Crippen molar-refractivity contribution in [1.82, 2.24) is 20.1 Å². The molecule has 3 N–H and O–H groups in total. The minimum Gasteiger partial charge on any atom is -0.407 e. The van der Waals surface area contributed by atoms with Gasteiger partial charge in [-0.3, -0.25) is 0 Å². The molecule has 2 aromatic carbocycles. The highest BCUT2D eigenvalue weighted by molar-refractivity contribution is 5.73. The number of nitrogen functional groups attached to an aromatic ring is 1. The summed E-state index contributed by atoms with van der Waals surface area (Å²) in [6, 6.07) is 18.3. The van der Waals surface area contributed by atoms with Crippen LogP contribution in [0.2, 0.25) is 0 Å². The zero-order chi connectivity index (χ0) is 25.5. The molecule has 1 aliphatic heterocycles. The highest BCUT2D eigenvalue weighted by Crippen LogP contribution is 2.35. The monoisotopic (exact) mass is 506 g/mol. The lowest BCUT2D eigenvalue weighted by Crippen LogP contribution is -2.32. The highest BCUT2D eigenvalue weighted by atomic mass is 16.4. The smallest absolute Gasteiger partial charge is 0.301 e. The number of hydrogen-bond acceptors (Lipinski definition) is 7. The van der Waals surface area contributed by atoms with Gasteiger partial charge in [-0.2, -0.15) is 4.98 Å². The van der Waals surface area contributed by atoms with Crippen molar-refractivity contribution >= 4 is 17.6 Å². The van der Waals surface area contributed by atoms with Gasteiger partial charge in [0.05, 0.1) is 5.69 Å². The van der Waals surface area contributed by atoms with Crippen molar-refractivity contribution < 1.29 is 4.42 Å². The molecule has 38 heavy (non-hydrogen) atoms. The third-order valence-electron chi connectivity index (χ3n) is 8.54. The van der Waals surface area contributed by atoms with Crippen molar-refractivity contribution in [1.29, 1.82) is 0 Å². The van der Waals surface area contributed by atoms with Crippen LogP contribution in [0.15, 0.2) is 52.9 Å². The molecule has 7 heteroatoms. The largest absolute Gasteiger partial charge is 0.407 e. The van der Waals surface area contributed by atoms with Gasteiger partial charge in [0, 0.05) is 17.3 Å². The van der Waals surface area contributed by atoms with Crippen LogP contribution >= 0.6 is 0 Å². The Kier molecular flexibility index (Phi) is 6.08. The minimum absolute atomic E-state index is 0.249. The zero-order valence-corrected chi connectivity index (χ0v) is 21.7. The van der Waals surface area contributed by atoms with Crippen LogP contribution in [0.1, 0.15) is 54.4 Å². The molecule has 3 aliphatic rings. The van der Waals surface area contributed by atoms with E-state index in [2.05, 4.69) is 73.9 Å². The van der Waals surface area contributed by atoms with Gasteiger partial charge in [-0.25, -0.2) is 0 Å². The molecule has 194 valence electrons. The van der Waals surface area contributed by atoms with E-state index < -0.39 is 0 Å². The molecule has 0 bridgehead atoms. The number of benzene rings is 2. The van der Waals surface area contributed by atoms with Gasteiger partial charge in [0.2, 0.25) is 5.88 Å². The average molecular weight is 507 g/mol. The van der Waals surface area contributed by atoms with Gasteiger partial charge in [-0.15, -0.1) is 10.2 Å². The van der Waals surface area contributed by atoms with Gasteiger partial charge in [0.1, 0.15) is 5.69 Å². The fraction of sp³-hybridized carbons (Fsp3) is 0.387. The first kappa shape index (κ1) is 23.4. The van der Waals surface area contributed by atoms with Crippen LogP contribution < -0.4 is 11.1 Å². The summed E-state index contributed by atoms with van der Waals surface area (Å²) in [5.74, 6) is 0.249. The lowest BCUT2D eigenvalue weighted by atomic mass is 10.0. The fourth-order valence-corrected chi connectivity index (χ4v) is 6.54. The number of aromatic nitrogens is 3. The lowest BCUT2D eigenvalue weighted by molar-refractivity contribution is 0.222. The predicted octanol–water partition coefficient (Wildman–Crippen LogP) is 5.96. The number of anilines is 3. The van der Waals surface area contributed by atoms with Gasteiger partial charge >= 0.3 is 6.01 Å². The molecule has 1 unspecified atom stereocenters. The number of nitrogens with zero attached hydrogens (tertiary/aromatic N) is 4. The molecular weight excluding hydrogens is 472 g/mol. The van der Waals surface area contributed by atoms with Crippen molar-refractivity contribution in [2.45, 2.75) is 63.8 Å². The van der Waals surface area contributed by atoms with Gasteiger partial charge < -0.3 is 20.4 Å². The Morgan fingerprint density at radius 2 is 1.61 bits per heavy atom. The van der Waals surface area contributed by atoms with Crippen LogP contribution in [0, 0.1) is 0 Å². The Hall–Kier alpha value is -3.71. The molecule has 0 spiro atoms. The minimum atomic E-state index is 0.249. The van der Waals surface area contributed by atoms with Gasteiger partial charge in [-0.1, -0.05) is 30.3 Å². The molecule has 3 heterocycles. The first-order valence-corrected chi connectivity index (χ1v) is 14.1. The Balaban J connectivity index is 1.10. The van der Waals surface area contributed by atoms with Crippen LogP contribution in [-0.2, 0) is 25.7 Å². The maximum absolute atomic E-state index is 6.28. The van der Waals surface area contributed by atoms with Crippen LogP contribution in [0.3, 0.4) is 0 Å². The van der Waals surface area contributed by atoms with Crippen molar-refractivity contribution in [2.75, 3.05) is 24.1 Å². The van der Waals surface area contributed by atoms with E-state index >= 15 is 0 Å². The molecule has 0 amide bonds. The highest BCUT2D eigenvalue weighted by Gasteiger charge is 2.25. The van der Waals surface area contributed by atoms with Crippen molar-refractivity contribution in [3.05, 3.63) is 70.8 Å². The SMILES string of the molecule is Nc1oc(Nc2ccc3c(c2)CCC(N2CCCC2)CC3)nc1-c1cc2c(nn1)-c1ccccc1CCC2. The number of aryl methyl sites for hydroxylation is 4. The zero-order valence-electron chi connectivity index (χ0n) is 21.7. The predicted molar refractivity (Wildman–Crippen MR) is 150 cm³/mol. The number of rotatable bonds is 4. The van der Waals surface area contributed by atoms with E-state index in [0.717, 1.165) is 43.5 Å². The second-order valence-electron chi connectivity index (χ2n) is 10.9. The average Bonchev–Trinajstić information content (AvgIpc) is 3.49. The summed E-state index contributed by atoms with van der Waals surface area (Å²) in [5.41, 5.74) is 15.9. The second-order valence-corrected chi connectivity index (χ2v) is 10.9. The summed E-state index contributed by atoms with van der Waals surface area (Å²) in [6.45, 7) is 2.53. The molecule has 7 rings (SSSR count). The first-order valence-electron chi connectivity index (χ1n) is 14.1. The van der Waals surface area contributed by atoms with Crippen molar-refractivity contribution in [3.63, 3.8) is 0 Å². The summed E-state index contributed by atoms with van der Waals surface area (Å²) in [7, 11) is 0. The third-order valence-corrected chi connectivity index (χ3v) is 8.54. The van der Waals surface area contributed by atoms with Crippen LogP contribution in [0.5, 0.6) is 0 Å². The van der Waals surface area contributed by atoms with Crippen molar-refractivity contribution in [2.24, 2.45) is 0 Å². The number of nitrogens with two attached hydrogens (primary N) is 1. The molecule has 0 radical (unpaired) electrons. The molecule has 1 saturated heterocycles. The quantitative estimate of drug-likeness (QED) is 0.330. The number of hydrogen-bond donors (Lipinski definition) is 2. The second kappa shape index (κ2) is 9.87. The molecular formula is C31H34N6O. The number of likely N-dealkylation sites (tertiary alicyclic amines) is 1. The maximum atomic E-state index is 6.28. The number of fused-ring (bicyclic) bond motifs is 4. The fourth-order valence-electron chi connectivity index (χ4n) is 6.54. The standard InChI is InChI=1S/C31H34N6O/c32-30-29(27-19-23-8-5-7-21-6-1-2-9-26(21)28(23)36-35-27)34-31(38-30)33-24-13-10-20-11-14-25(15-12-22(20)18-24)37-16-3-4-17-37/h1-2,6,9-10,13,18-19,25H,3-5,7-8,11-12,14-17,32H2,(H,33,34). The number of oxazole rings is 1. The van der Waals surface area contributed by atoms with Crippen LogP contribution in [0.25, 0.3) is 22.6 Å². The van der Waals surface area contributed by atoms with E-state index in [9.17, 15) is 0 Å². The van der Waals surface area contributed by atoms with E-state index in [-0.39, 0.29) is 5.88 Å². The Morgan fingerprint density at radius 1 is 0.789 bits per heavy atom. The van der Waals surface area contributed by atoms with Crippen LogP contribution in [0.4, 0.5) is 17.6 Å². The summed E-state index contributed by atoms with van der Waals surface area (Å²) >= 11 is 0. The Bertz CT molecular complexity index is 1470. The Labute approximate surface area is 223 Å². The van der Waals surface area contributed by atoms with E-state index in [1.807, 2.05) is 0 Å². The van der Waals surface area contributed by atoms with E-state index in [0.29, 0.717) is 23.4 Å². The maximum Gasteiger partial charge on any atom is 0.301 e. The molecule has 4 aromatic rings. The van der Waals surface area contributed by atoms with Gasteiger partial charge in [0.15, 0.2) is 5.69 Å². The Morgan fingerprint density at radius 3 is 2.50 bits per heavy atom. The normalized spacial score (nSPS) is 19.2. The van der Waals surface area contributed by atoms with E-state index in [4.69, 9.17) is 10.2 Å². The molecule has 1 atom stereocenters. The number of nitrogens with one attached hydrogen (secondary N) is 1. The molecule has 2 aromatic heterocycles.